The number of anilines is 2. The van der Waals surface area contributed by atoms with Crippen LogP contribution in [0.25, 0.3) is 10.4 Å². The first-order chi connectivity index (χ1) is 12.2. The van der Waals surface area contributed by atoms with Gasteiger partial charge >= 0.3 is 0 Å². The summed E-state index contributed by atoms with van der Waals surface area (Å²) in [5, 5.41) is 5.72. The number of carbonyl (C=O) groups excluding carboxylic acids is 2. The number of nitrogens with one attached hydrogen (secondary N) is 2. The zero-order valence-corrected chi connectivity index (χ0v) is 14.0. The lowest BCUT2D eigenvalue weighted by molar-refractivity contribution is -0.116. The molecule has 1 aliphatic heterocycles. The lowest BCUT2D eigenvalue weighted by atomic mass is 10.0. The van der Waals surface area contributed by atoms with Crippen molar-refractivity contribution in [3.05, 3.63) is 59.5 Å². The van der Waals surface area contributed by atoms with Crippen molar-refractivity contribution in [2.24, 2.45) is 0 Å². The number of rotatable bonds is 3. The molecule has 124 valence electrons. The van der Waals surface area contributed by atoms with Crippen LogP contribution in [0.2, 0.25) is 0 Å². The molecule has 4 rings (SSSR count). The van der Waals surface area contributed by atoms with E-state index in [4.69, 9.17) is 0 Å². The fourth-order valence-corrected chi connectivity index (χ4v) is 3.54. The number of aromatic nitrogens is 2. The predicted octanol–water partition coefficient (Wildman–Crippen LogP) is 3.34. The van der Waals surface area contributed by atoms with E-state index in [0.717, 1.165) is 21.7 Å². The second-order valence-corrected chi connectivity index (χ2v) is 6.50. The van der Waals surface area contributed by atoms with Crippen LogP contribution in [0.5, 0.6) is 0 Å². The van der Waals surface area contributed by atoms with E-state index in [-0.39, 0.29) is 11.8 Å². The molecule has 7 heteroatoms. The maximum Gasteiger partial charge on any atom is 0.275 e. The lowest BCUT2D eigenvalue weighted by Gasteiger charge is -2.17. The number of nitrogens with zero attached hydrogens (tertiary/aromatic N) is 2. The van der Waals surface area contributed by atoms with Crippen molar-refractivity contribution in [2.75, 3.05) is 10.6 Å². The number of hydrogen-bond donors (Lipinski definition) is 2. The van der Waals surface area contributed by atoms with Crippen molar-refractivity contribution < 1.29 is 9.59 Å². The summed E-state index contributed by atoms with van der Waals surface area (Å²) in [6.45, 7) is 0. The van der Waals surface area contributed by atoms with Crippen molar-refractivity contribution >= 4 is 34.5 Å². The van der Waals surface area contributed by atoms with E-state index in [1.165, 1.54) is 11.3 Å². The maximum absolute atomic E-state index is 12.6. The summed E-state index contributed by atoms with van der Waals surface area (Å²) in [6.07, 6.45) is 4.53. The lowest BCUT2D eigenvalue weighted by Crippen LogP contribution is -2.19. The first-order valence-corrected chi connectivity index (χ1v) is 8.67. The van der Waals surface area contributed by atoms with Crippen molar-refractivity contribution in [1.29, 1.82) is 0 Å². The zero-order chi connectivity index (χ0) is 17.2. The van der Waals surface area contributed by atoms with Gasteiger partial charge in [0.15, 0.2) is 0 Å². The molecule has 3 heterocycles. The van der Waals surface area contributed by atoms with Gasteiger partial charge < -0.3 is 10.6 Å². The normalized spacial score (nSPS) is 13.0. The monoisotopic (exact) mass is 350 g/mol. The Bertz CT molecular complexity index is 953. The molecule has 0 saturated heterocycles. The van der Waals surface area contributed by atoms with E-state index in [0.29, 0.717) is 24.2 Å². The third-order valence-corrected chi connectivity index (χ3v) is 4.84. The Morgan fingerprint density at radius 2 is 2.16 bits per heavy atom. The van der Waals surface area contributed by atoms with Crippen LogP contribution >= 0.6 is 11.3 Å². The Morgan fingerprint density at radius 3 is 3.00 bits per heavy atom. The minimum Gasteiger partial charge on any atom is -0.326 e. The van der Waals surface area contributed by atoms with E-state index in [1.807, 2.05) is 24.3 Å². The molecule has 6 nitrogen and oxygen atoms in total. The molecule has 1 aromatic carbocycles. The molecular weight excluding hydrogens is 336 g/mol. The summed E-state index contributed by atoms with van der Waals surface area (Å²) in [5.74, 6) is -0.243. The van der Waals surface area contributed by atoms with E-state index >= 15 is 0 Å². The van der Waals surface area contributed by atoms with Crippen molar-refractivity contribution in [2.45, 2.75) is 12.8 Å². The molecular formula is C18H14N4O2S. The molecule has 0 bridgehead atoms. The van der Waals surface area contributed by atoms with Gasteiger partial charge in [-0.05, 0) is 36.2 Å². The number of benzene rings is 1. The molecule has 0 radical (unpaired) electrons. The van der Waals surface area contributed by atoms with Gasteiger partial charge in [0.05, 0.1) is 10.4 Å². The molecule has 0 unspecified atom stereocenters. The number of aryl methyl sites for hydroxylation is 1. The fourth-order valence-electron chi connectivity index (χ4n) is 2.76. The largest absolute Gasteiger partial charge is 0.326 e. The SMILES string of the molecule is O=C1CCc2cc(NC(=O)c3ncsc3-c3cccnc3)ccc2N1. The minimum atomic E-state index is -0.264. The van der Waals surface area contributed by atoms with Crippen LogP contribution < -0.4 is 10.6 Å². The van der Waals surface area contributed by atoms with Crippen LogP contribution in [0.15, 0.2) is 48.2 Å². The standard InChI is InChI=1S/C18H14N4O2S/c23-15-6-3-11-8-13(4-5-14(11)22-15)21-18(24)16-17(25-10-20-16)12-2-1-7-19-9-12/h1-2,4-5,7-10H,3,6H2,(H,21,24)(H,22,23). The maximum atomic E-state index is 12.6. The molecule has 0 aliphatic carbocycles. The highest BCUT2D eigenvalue weighted by Crippen LogP contribution is 2.29. The van der Waals surface area contributed by atoms with Gasteiger partial charge in [-0.15, -0.1) is 11.3 Å². The Kier molecular flexibility index (Phi) is 3.99. The van der Waals surface area contributed by atoms with Crippen LogP contribution in [-0.2, 0) is 11.2 Å². The van der Waals surface area contributed by atoms with Gasteiger partial charge in [-0.3, -0.25) is 14.6 Å². The topological polar surface area (TPSA) is 84.0 Å². The third-order valence-electron chi connectivity index (χ3n) is 3.96. The van der Waals surface area contributed by atoms with E-state index in [1.54, 1.807) is 24.0 Å². The highest BCUT2D eigenvalue weighted by molar-refractivity contribution is 7.13. The van der Waals surface area contributed by atoms with Crippen LogP contribution in [0, 0.1) is 0 Å². The quantitative estimate of drug-likeness (QED) is 0.759. The Hall–Kier alpha value is -3.06. The number of carbonyl (C=O) groups is 2. The van der Waals surface area contributed by atoms with Crippen LogP contribution in [0.4, 0.5) is 11.4 Å². The summed E-state index contributed by atoms with van der Waals surface area (Å²) in [5.41, 5.74) is 5.40. The van der Waals surface area contributed by atoms with Crippen LogP contribution in [0.3, 0.4) is 0 Å². The van der Waals surface area contributed by atoms with Crippen LogP contribution in [-0.4, -0.2) is 21.8 Å². The van der Waals surface area contributed by atoms with Gasteiger partial charge in [0, 0.05) is 35.8 Å². The highest BCUT2D eigenvalue weighted by atomic mass is 32.1. The Labute approximate surface area is 148 Å². The molecule has 3 aromatic rings. The summed E-state index contributed by atoms with van der Waals surface area (Å²) >= 11 is 1.41. The molecule has 0 fully saturated rings. The molecule has 1 aliphatic rings. The van der Waals surface area contributed by atoms with Crippen molar-refractivity contribution in [3.8, 4) is 10.4 Å². The molecule has 0 atom stereocenters. The summed E-state index contributed by atoms with van der Waals surface area (Å²) in [7, 11) is 0. The highest BCUT2D eigenvalue weighted by Gasteiger charge is 2.18. The summed E-state index contributed by atoms with van der Waals surface area (Å²) < 4.78 is 0. The van der Waals surface area contributed by atoms with E-state index in [2.05, 4.69) is 20.6 Å². The summed E-state index contributed by atoms with van der Waals surface area (Å²) in [4.78, 5) is 33.1. The molecule has 2 aromatic heterocycles. The smallest absolute Gasteiger partial charge is 0.275 e. The second kappa shape index (κ2) is 6.45. The average Bonchev–Trinajstić information content (AvgIpc) is 3.12. The third kappa shape index (κ3) is 3.14. The molecule has 25 heavy (non-hydrogen) atoms. The fraction of sp³-hybridized carbons (Fsp3) is 0.111. The zero-order valence-electron chi connectivity index (χ0n) is 13.2. The Balaban J connectivity index is 1.58. The van der Waals surface area contributed by atoms with Crippen molar-refractivity contribution in [1.82, 2.24) is 9.97 Å². The number of fused-ring (bicyclic) bond motifs is 1. The molecule has 0 spiro atoms. The van der Waals surface area contributed by atoms with E-state index in [9.17, 15) is 9.59 Å². The van der Waals surface area contributed by atoms with Gasteiger partial charge in [-0.1, -0.05) is 6.07 Å². The molecule has 0 saturated carbocycles. The number of thiazole rings is 1. The minimum absolute atomic E-state index is 0.0212. The van der Waals surface area contributed by atoms with Gasteiger partial charge in [0.2, 0.25) is 5.91 Å². The first-order valence-electron chi connectivity index (χ1n) is 7.79. The van der Waals surface area contributed by atoms with Gasteiger partial charge in [0.25, 0.3) is 5.91 Å². The first kappa shape index (κ1) is 15.5. The van der Waals surface area contributed by atoms with Gasteiger partial charge in [-0.2, -0.15) is 0 Å². The summed E-state index contributed by atoms with van der Waals surface area (Å²) in [6, 6.07) is 9.21. The molecule has 2 amide bonds. The number of hydrogen-bond acceptors (Lipinski definition) is 5. The second-order valence-electron chi connectivity index (χ2n) is 5.65. The van der Waals surface area contributed by atoms with Gasteiger partial charge in [-0.25, -0.2) is 4.98 Å². The number of pyridine rings is 1. The van der Waals surface area contributed by atoms with Gasteiger partial charge in [0.1, 0.15) is 5.69 Å². The average molecular weight is 350 g/mol. The predicted molar refractivity (Wildman–Crippen MR) is 96.7 cm³/mol. The van der Waals surface area contributed by atoms with Crippen LogP contribution in [0.1, 0.15) is 22.5 Å². The van der Waals surface area contributed by atoms with Crippen molar-refractivity contribution in [3.63, 3.8) is 0 Å². The van der Waals surface area contributed by atoms with E-state index < -0.39 is 0 Å². The number of amides is 2. The Morgan fingerprint density at radius 1 is 1.24 bits per heavy atom. The molecule has 2 N–H and O–H groups in total.